The van der Waals surface area contributed by atoms with Gasteiger partial charge in [-0.2, -0.15) is 0 Å². The third-order valence-corrected chi connectivity index (χ3v) is 9.44. The molecule has 0 bridgehead atoms. The maximum absolute atomic E-state index is 10.2. The maximum Gasteiger partial charge on any atom is 0.476 e. The topological polar surface area (TPSA) is 38.7 Å². The zero-order chi connectivity index (χ0) is 11.2. The zero-order valence-electron chi connectivity index (χ0n) is 9.42. The Morgan fingerprint density at radius 2 is 1.57 bits per heavy atom. The van der Waals surface area contributed by atoms with Crippen LogP contribution in [0.15, 0.2) is 0 Å². The lowest BCUT2D eigenvalue weighted by Gasteiger charge is -2.28. The van der Waals surface area contributed by atoms with Crippen molar-refractivity contribution >= 4 is 38.5 Å². The highest BCUT2D eigenvalue weighted by atomic mass is 35.5. The second-order valence-corrected chi connectivity index (χ2v) is 12.2. The molecule has 0 radical (unpaired) electrons. The number of hydrogen-bond donors (Lipinski definition) is 1. The van der Waals surface area contributed by atoms with Crippen molar-refractivity contribution in [2.75, 3.05) is 5.88 Å². The number of hydrogen-bond acceptors (Lipinski definition) is 3. The molecule has 0 heterocycles. The predicted molar refractivity (Wildman–Crippen MR) is 68.0 cm³/mol. The molecule has 0 aromatic carbocycles. The quantitative estimate of drug-likeness (QED) is 0.565. The van der Waals surface area contributed by atoms with Crippen molar-refractivity contribution in [3.05, 3.63) is 0 Å². The minimum absolute atomic E-state index is 0.557. The van der Waals surface area contributed by atoms with E-state index in [-0.39, 0.29) is 0 Å². The fraction of sp³-hybridized carbons (Fsp3) is 1.00. The third-order valence-electron chi connectivity index (χ3n) is 1.47. The fourth-order valence-corrected chi connectivity index (χ4v) is 9.71. The molecule has 0 saturated carbocycles. The van der Waals surface area contributed by atoms with Crippen molar-refractivity contribution in [1.82, 2.24) is 0 Å². The highest BCUT2D eigenvalue weighted by molar-refractivity contribution is 6.74. The van der Waals surface area contributed by atoms with Crippen molar-refractivity contribution in [3.8, 4) is 0 Å². The summed E-state index contributed by atoms with van der Waals surface area (Å²) in [6, 6.07) is 0.604. The van der Waals surface area contributed by atoms with Crippen molar-refractivity contribution < 1.29 is 13.0 Å². The SMILES string of the molecule is C[SiH](C)O[Si](O)(CCCCl)O[SiH](C)C. The average Bonchev–Trinajstić information content (AvgIpc) is 1.97. The van der Waals surface area contributed by atoms with Gasteiger partial charge < -0.3 is 13.0 Å². The highest BCUT2D eigenvalue weighted by Crippen LogP contribution is 2.15. The van der Waals surface area contributed by atoms with Crippen LogP contribution in [-0.4, -0.2) is 37.6 Å². The van der Waals surface area contributed by atoms with Crippen LogP contribution in [0, 0.1) is 0 Å². The van der Waals surface area contributed by atoms with Gasteiger partial charge in [0.2, 0.25) is 0 Å². The normalized spacial score (nSPS) is 12.9. The average molecular weight is 273 g/mol. The Kier molecular flexibility index (Phi) is 7.57. The number of alkyl halides is 1. The summed E-state index contributed by atoms with van der Waals surface area (Å²) in [7, 11) is -5.32. The van der Waals surface area contributed by atoms with Crippen LogP contribution in [0.1, 0.15) is 6.42 Å². The first-order chi connectivity index (χ1) is 6.39. The summed E-state index contributed by atoms with van der Waals surface area (Å²) in [5.41, 5.74) is 0. The molecule has 0 unspecified atom stereocenters. The van der Waals surface area contributed by atoms with Gasteiger partial charge in [-0.25, -0.2) is 0 Å². The molecule has 0 spiro atoms. The maximum atomic E-state index is 10.2. The van der Waals surface area contributed by atoms with Gasteiger partial charge in [0.15, 0.2) is 18.1 Å². The Labute approximate surface area is 96.2 Å². The van der Waals surface area contributed by atoms with Crippen LogP contribution in [0.2, 0.25) is 32.2 Å². The van der Waals surface area contributed by atoms with E-state index >= 15 is 0 Å². The van der Waals surface area contributed by atoms with E-state index in [2.05, 4.69) is 0 Å². The first-order valence-electron chi connectivity index (χ1n) is 5.03. The van der Waals surface area contributed by atoms with Gasteiger partial charge in [-0.3, -0.25) is 0 Å². The third kappa shape index (κ3) is 7.16. The second-order valence-electron chi connectivity index (χ2n) is 3.84. The van der Waals surface area contributed by atoms with Gasteiger partial charge in [0.1, 0.15) is 0 Å². The van der Waals surface area contributed by atoms with E-state index < -0.39 is 26.9 Å². The summed E-state index contributed by atoms with van der Waals surface area (Å²) < 4.78 is 11.3. The lowest BCUT2D eigenvalue weighted by atomic mass is 10.6. The predicted octanol–water partition coefficient (Wildman–Crippen LogP) is 1.55. The van der Waals surface area contributed by atoms with Gasteiger partial charge >= 0.3 is 8.80 Å². The summed E-state index contributed by atoms with van der Waals surface area (Å²) >= 11 is 5.60. The molecule has 0 rings (SSSR count). The molecule has 1 N–H and O–H groups in total. The summed E-state index contributed by atoms with van der Waals surface area (Å²) in [6.45, 7) is 8.18. The molecule has 0 aromatic rings. The van der Waals surface area contributed by atoms with Crippen molar-refractivity contribution in [3.63, 3.8) is 0 Å². The molecule has 0 saturated heterocycles. The van der Waals surface area contributed by atoms with Crippen LogP contribution in [0.5, 0.6) is 0 Å². The molecule has 7 heteroatoms. The first kappa shape index (κ1) is 14.8. The van der Waals surface area contributed by atoms with Gasteiger partial charge in [-0.1, -0.05) is 0 Å². The Morgan fingerprint density at radius 1 is 1.14 bits per heavy atom. The summed E-state index contributed by atoms with van der Waals surface area (Å²) in [6.07, 6.45) is 0.770. The van der Waals surface area contributed by atoms with Gasteiger partial charge in [-0.05, 0) is 32.6 Å². The van der Waals surface area contributed by atoms with Crippen LogP contribution in [0.3, 0.4) is 0 Å². The highest BCUT2D eigenvalue weighted by Gasteiger charge is 2.37. The molecule has 0 atom stereocenters. The summed E-state index contributed by atoms with van der Waals surface area (Å²) in [5.74, 6) is 0.557. The second kappa shape index (κ2) is 7.15. The fourth-order valence-electron chi connectivity index (χ4n) is 1.17. The molecule has 0 aliphatic carbocycles. The Morgan fingerprint density at radius 3 is 1.86 bits per heavy atom. The molecular weight excluding hydrogens is 252 g/mol. The molecule has 0 amide bonds. The van der Waals surface area contributed by atoms with Crippen LogP contribution < -0.4 is 0 Å². The molecule has 14 heavy (non-hydrogen) atoms. The summed E-state index contributed by atoms with van der Waals surface area (Å²) in [4.78, 5) is 10.2. The molecule has 0 aliphatic rings. The van der Waals surface area contributed by atoms with E-state index in [1.165, 1.54) is 0 Å². The number of halogens is 1. The number of rotatable bonds is 7. The Hall–Kier alpha value is 0.821. The Balaban J connectivity index is 4.17. The largest absolute Gasteiger partial charge is 0.476 e. The van der Waals surface area contributed by atoms with Gasteiger partial charge in [0.05, 0.1) is 0 Å². The standard InChI is InChI=1S/C7H21ClO3Si3/c1-12(2)10-14(9,7-5-6-8)11-13(3)4/h9,12-13H,5-7H2,1-4H3. The smallest absolute Gasteiger partial charge is 0.419 e. The molecule has 3 nitrogen and oxygen atoms in total. The van der Waals surface area contributed by atoms with E-state index in [1.807, 2.05) is 26.2 Å². The first-order valence-corrected chi connectivity index (χ1v) is 13.1. The van der Waals surface area contributed by atoms with Crippen LogP contribution in [-0.2, 0) is 8.23 Å². The lowest BCUT2D eigenvalue weighted by molar-refractivity contribution is 0.254. The van der Waals surface area contributed by atoms with Crippen LogP contribution >= 0.6 is 11.6 Å². The van der Waals surface area contributed by atoms with E-state index in [0.717, 1.165) is 6.42 Å². The van der Waals surface area contributed by atoms with E-state index in [0.29, 0.717) is 11.9 Å². The van der Waals surface area contributed by atoms with Crippen molar-refractivity contribution in [2.24, 2.45) is 0 Å². The van der Waals surface area contributed by atoms with Crippen molar-refractivity contribution in [1.29, 1.82) is 0 Å². The van der Waals surface area contributed by atoms with Gasteiger partial charge in [0, 0.05) is 11.9 Å². The van der Waals surface area contributed by atoms with Crippen molar-refractivity contribution in [2.45, 2.75) is 38.7 Å². The van der Waals surface area contributed by atoms with Crippen LogP contribution in [0.4, 0.5) is 0 Å². The molecule has 0 aliphatic heterocycles. The molecule has 0 aromatic heterocycles. The minimum atomic E-state index is -2.86. The van der Waals surface area contributed by atoms with Gasteiger partial charge in [-0.15, -0.1) is 11.6 Å². The monoisotopic (exact) mass is 272 g/mol. The van der Waals surface area contributed by atoms with E-state index in [4.69, 9.17) is 19.8 Å². The molecule has 86 valence electrons. The van der Waals surface area contributed by atoms with Crippen LogP contribution in [0.25, 0.3) is 0 Å². The molecular formula is C7H21ClO3Si3. The van der Waals surface area contributed by atoms with Gasteiger partial charge in [0.25, 0.3) is 0 Å². The van der Waals surface area contributed by atoms with E-state index in [9.17, 15) is 4.80 Å². The molecule has 0 fully saturated rings. The van der Waals surface area contributed by atoms with E-state index in [1.54, 1.807) is 0 Å². The minimum Gasteiger partial charge on any atom is -0.419 e. The summed E-state index contributed by atoms with van der Waals surface area (Å²) in [5, 5.41) is 0. The zero-order valence-corrected chi connectivity index (χ0v) is 13.5. The lowest BCUT2D eigenvalue weighted by Crippen LogP contribution is -2.48. The Bertz CT molecular complexity index is 147.